The number of benzene rings is 2. The first-order chi connectivity index (χ1) is 14.4. The van der Waals surface area contributed by atoms with E-state index in [0.717, 1.165) is 0 Å². The van der Waals surface area contributed by atoms with Crippen LogP contribution in [0.25, 0.3) is 0 Å². The maximum atomic E-state index is 12.4. The zero-order chi connectivity index (χ0) is 21.7. The van der Waals surface area contributed by atoms with Crippen LogP contribution in [0.3, 0.4) is 0 Å². The lowest BCUT2D eigenvalue weighted by Crippen LogP contribution is -2.25. The van der Waals surface area contributed by atoms with Crippen molar-refractivity contribution in [3.05, 3.63) is 59.7 Å². The van der Waals surface area contributed by atoms with Gasteiger partial charge in [0.1, 0.15) is 5.37 Å². The van der Waals surface area contributed by atoms with E-state index >= 15 is 0 Å². The number of carbonyl (C=O) groups is 3. The minimum atomic E-state index is -0.499. The van der Waals surface area contributed by atoms with Crippen molar-refractivity contribution in [1.82, 2.24) is 10.3 Å². The molecule has 156 valence electrons. The van der Waals surface area contributed by atoms with Crippen LogP contribution in [-0.4, -0.2) is 34.6 Å². The van der Waals surface area contributed by atoms with Crippen LogP contribution in [-0.2, 0) is 9.59 Å². The van der Waals surface area contributed by atoms with Gasteiger partial charge >= 0.3 is 5.97 Å². The van der Waals surface area contributed by atoms with Crippen LogP contribution in [0.4, 0.5) is 0 Å². The van der Waals surface area contributed by atoms with Crippen LogP contribution in [0.2, 0.25) is 0 Å². The molecule has 0 radical (unpaired) electrons. The highest BCUT2D eigenvalue weighted by Crippen LogP contribution is 2.41. The molecule has 0 aromatic heterocycles. The van der Waals surface area contributed by atoms with E-state index in [9.17, 15) is 14.4 Å². The second kappa shape index (κ2) is 9.45. The molecule has 1 atom stereocenters. The molecule has 0 spiro atoms. The van der Waals surface area contributed by atoms with Crippen LogP contribution in [0.15, 0.2) is 53.6 Å². The topological polar surface area (TPSA) is 97.3 Å². The normalized spacial score (nSPS) is 15.4. The second-order valence-electron chi connectivity index (χ2n) is 6.31. The number of carbonyl (C=O) groups excluding carboxylic acids is 3. The number of nitrogens with one attached hydrogen (secondary N) is 1. The number of hydrogen-bond acceptors (Lipinski definition) is 7. The minimum Gasteiger partial charge on any atom is -0.490 e. The van der Waals surface area contributed by atoms with Crippen molar-refractivity contribution < 1.29 is 23.9 Å². The summed E-state index contributed by atoms with van der Waals surface area (Å²) in [6, 6.07) is 13.7. The van der Waals surface area contributed by atoms with Crippen LogP contribution in [0, 0.1) is 0 Å². The Morgan fingerprint density at radius 3 is 2.47 bits per heavy atom. The van der Waals surface area contributed by atoms with Crippen molar-refractivity contribution in [3.63, 3.8) is 0 Å². The molecule has 2 aromatic carbocycles. The lowest BCUT2D eigenvalue weighted by molar-refractivity contribution is -0.129. The van der Waals surface area contributed by atoms with Crippen LogP contribution < -0.4 is 14.8 Å². The smallest absolute Gasteiger partial charge is 0.343 e. The number of ether oxygens (including phenoxy) is 2. The fraction of sp³-hybridized carbons (Fsp3) is 0.238. The summed E-state index contributed by atoms with van der Waals surface area (Å²) in [5.74, 6) is -0.402. The van der Waals surface area contributed by atoms with Gasteiger partial charge in [0.05, 0.1) is 12.2 Å². The molecule has 0 saturated heterocycles. The van der Waals surface area contributed by atoms with E-state index in [-0.39, 0.29) is 17.6 Å². The standard InChI is InChI=1S/C21H21N3O5S/c1-4-28-18-12-16(19-24(14(3)26)23-21(30-19)22-13(2)25)10-11-17(18)29-20(27)15-8-6-5-7-9-15/h5-12,19H,4H2,1-3H3,(H,22,23,25). The van der Waals surface area contributed by atoms with Gasteiger partial charge in [-0.2, -0.15) is 0 Å². The predicted octanol–water partition coefficient (Wildman–Crippen LogP) is 3.31. The number of thioether (sulfide) groups is 1. The fourth-order valence-corrected chi connectivity index (χ4v) is 3.87. The van der Waals surface area contributed by atoms with Gasteiger partial charge in [0.25, 0.3) is 0 Å². The lowest BCUT2D eigenvalue weighted by Gasteiger charge is -2.20. The lowest BCUT2D eigenvalue weighted by atomic mass is 10.2. The largest absolute Gasteiger partial charge is 0.490 e. The Morgan fingerprint density at radius 1 is 1.10 bits per heavy atom. The molecule has 1 heterocycles. The predicted molar refractivity (Wildman–Crippen MR) is 113 cm³/mol. The number of amidine groups is 1. The second-order valence-corrected chi connectivity index (χ2v) is 7.38. The molecule has 1 unspecified atom stereocenters. The van der Waals surface area contributed by atoms with E-state index in [2.05, 4.69) is 10.4 Å². The molecule has 3 rings (SSSR count). The van der Waals surface area contributed by atoms with Gasteiger partial charge in [-0.25, -0.2) is 9.80 Å². The summed E-state index contributed by atoms with van der Waals surface area (Å²) in [5, 5.41) is 7.92. The summed E-state index contributed by atoms with van der Waals surface area (Å²) < 4.78 is 11.2. The molecule has 8 nitrogen and oxygen atoms in total. The average molecular weight is 427 g/mol. The summed E-state index contributed by atoms with van der Waals surface area (Å²) in [6.07, 6.45) is 0. The van der Waals surface area contributed by atoms with E-state index in [1.165, 1.54) is 30.6 Å². The molecule has 1 aliphatic heterocycles. The van der Waals surface area contributed by atoms with Gasteiger partial charge in [0, 0.05) is 13.8 Å². The van der Waals surface area contributed by atoms with Gasteiger partial charge in [-0.3, -0.25) is 9.59 Å². The SMILES string of the molecule is CCOc1cc(C2SC(NC(C)=O)=NN2C(C)=O)ccc1OC(=O)c1ccccc1. The Bertz CT molecular complexity index is 993. The van der Waals surface area contributed by atoms with Crippen LogP contribution in [0.1, 0.15) is 42.1 Å². The Balaban J connectivity index is 1.86. The highest BCUT2D eigenvalue weighted by molar-refractivity contribution is 8.14. The summed E-state index contributed by atoms with van der Waals surface area (Å²) in [6.45, 7) is 4.95. The maximum Gasteiger partial charge on any atom is 0.343 e. The maximum absolute atomic E-state index is 12.4. The molecule has 9 heteroatoms. The summed E-state index contributed by atoms with van der Waals surface area (Å²) >= 11 is 1.23. The van der Waals surface area contributed by atoms with Gasteiger partial charge in [-0.05, 0) is 36.8 Å². The van der Waals surface area contributed by atoms with Crippen molar-refractivity contribution in [2.75, 3.05) is 6.61 Å². The van der Waals surface area contributed by atoms with Gasteiger partial charge < -0.3 is 14.8 Å². The molecule has 2 amide bonds. The molecule has 1 N–H and O–H groups in total. The van der Waals surface area contributed by atoms with Gasteiger partial charge in [0.15, 0.2) is 16.7 Å². The summed E-state index contributed by atoms with van der Waals surface area (Å²) in [5.41, 5.74) is 1.13. The molecule has 0 fully saturated rings. The first-order valence-electron chi connectivity index (χ1n) is 9.25. The number of rotatable bonds is 5. The molecular formula is C21H21N3O5S. The monoisotopic (exact) mass is 427 g/mol. The number of hydrazone groups is 1. The molecule has 0 bridgehead atoms. The minimum absolute atomic E-state index is 0.273. The molecule has 0 aliphatic carbocycles. The van der Waals surface area contributed by atoms with Crippen LogP contribution in [0.5, 0.6) is 11.5 Å². The van der Waals surface area contributed by atoms with E-state index in [1.54, 1.807) is 42.5 Å². The van der Waals surface area contributed by atoms with E-state index in [1.807, 2.05) is 13.0 Å². The van der Waals surface area contributed by atoms with Crippen molar-refractivity contribution in [2.24, 2.45) is 5.10 Å². The van der Waals surface area contributed by atoms with Crippen molar-refractivity contribution in [2.45, 2.75) is 26.1 Å². The van der Waals surface area contributed by atoms with Gasteiger partial charge in [-0.1, -0.05) is 36.0 Å². The molecule has 1 aliphatic rings. The van der Waals surface area contributed by atoms with Crippen molar-refractivity contribution >= 4 is 34.7 Å². The number of hydrogen-bond donors (Lipinski definition) is 1. The third-order valence-corrected chi connectivity index (χ3v) is 5.12. The molecular weight excluding hydrogens is 406 g/mol. The van der Waals surface area contributed by atoms with E-state index in [4.69, 9.17) is 9.47 Å². The number of esters is 1. The van der Waals surface area contributed by atoms with E-state index < -0.39 is 11.3 Å². The summed E-state index contributed by atoms with van der Waals surface area (Å²) in [7, 11) is 0. The molecule has 30 heavy (non-hydrogen) atoms. The zero-order valence-corrected chi connectivity index (χ0v) is 17.6. The van der Waals surface area contributed by atoms with Crippen molar-refractivity contribution in [1.29, 1.82) is 0 Å². The van der Waals surface area contributed by atoms with E-state index in [0.29, 0.717) is 28.7 Å². The first-order valence-corrected chi connectivity index (χ1v) is 10.1. The van der Waals surface area contributed by atoms with Gasteiger partial charge in [0.2, 0.25) is 11.8 Å². The fourth-order valence-electron chi connectivity index (χ4n) is 2.74. The van der Waals surface area contributed by atoms with Crippen molar-refractivity contribution in [3.8, 4) is 11.5 Å². The van der Waals surface area contributed by atoms with Gasteiger partial charge in [-0.15, -0.1) is 5.10 Å². The highest BCUT2D eigenvalue weighted by Gasteiger charge is 2.33. The Morgan fingerprint density at radius 2 is 1.83 bits per heavy atom. The Hall–Kier alpha value is -3.33. The number of amides is 2. The number of nitrogens with zero attached hydrogens (tertiary/aromatic N) is 2. The zero-order valence-electron chi connectivity index (χ0n) is 16.7. The third-order valence-electron chi connectivity index (χ3n) is 4.01. The average Bonchev–Trinajstić information content (AvgIpc) is 3.13. The quantitative estimate of drug-likeness (QED) is 0.581. The highest BCUT2D eigenvalue weighted by atomic mass is 32.2. The van der Waals surface area contributed by atoms with Crippen LogP contribution >= 0.6 is 11.8 Å². The third kappa shape index (κ3) is 4.98. The molecule has 0 saturated carbocycles. The Labute approximate surface area is 178 Å². The molecule has 2 aromatic rings. The Kier molecular flexibility index (Phi) is 6.73. The first kappa shape index (κ1) is 21.4. The summed E-state index contributed by atoms with van der Waals surface area (Å²) in [4.78, 5) is 35.8.